The maximum absolute atomic E-state index is 5.46. The number of ether oxygens (including phenoxy) is 1. The molecule has 0 atom stereocenters. The van der Waals surface area contributed by atoms with Crippen molar-refractivity contribution in [3.63, 3.8) is 0 Å². The van der Waals surface area contributed by atoms with Crippen LogP contribution in [0.5, 0.6) is 5.88 Å². The van der Waals surface area contributed by atoms with Crippen molar-refractivity contribution in [2.24, 2.45) is 0 Å². The second-order valence-electron chi connectivity index (χ2n) is 2.09. The van der Waals surface area contributed by atoms with Gasteiger partial charge in [-0.2, -0.15) is 4.98 Å². The molecule has 0 saturated heterocycles. The summed E-state index contributed by atoms with van der Waals surface area (Å²) in [6.45, 7) is 0. The molecule has 68 valence electrons. The molecule has 0 aliphatic heterocycles. The highest BCUT2D eigenvalue weighted by molar-refractivity contribution is 6.19. The highest BCUT2D eigenvalue weighted by atomic mass is 35.5. The first kappa shape index (κ1) is 9.62. The maximum Gasteiger partial charge on any atom is 0.258 e. The number of hydrogen-bond donors (Lipinski definition) is 1. The van der Waals surface area contributed by atoms with Crippen molar-refractivity contribution in [1.82, 2.24) is 9.97 Å². The maximum atomic E-state index is 5.46. The number of nitrogen functional groups attached to an aromatic ring is 1. The predicted octanol–water partition coefficient (Wildman–Crippen LogP) is 0.658. The Morgan fingerprint density at radius 1 is 1.69 bits per heavy atom. The van der Waals surface area contributed by atoms with E-state index >= 15 is 0 Å². The van der Waals surface area contributed by atoms with Crippen molar-refractivity contribution in [2.45, 2.75) is 0 Å². The fourth-order valence-corrected chi connectivity index (χ4v) is 0.783. The first-order valence-electron chi connectivity index (χ1n) is 3.49. The predicted molar refractivity (Wildman–Crippen MR) is 50.6 cm³/mol. The average Bonchev–Trinajstić information content (AvgIpc) is 2.16. The van der Waals surface area contributed by atoms with Gasteiger partial charge in [0.05, 0.1) is 19.2 Å². The van der Waals surface area contributed by atoms with E-state index in [1.54, 1.807) is 0 Å². The number of rotatable bonds is 1. The number of anilines is 1. The Bertz CT molecular complexity index is 356. The largest absolute Gasteiger partial charge is 0.478 e. The Kier molecular flexibility index (Phi) is 3.35. The molecule has 0 amide bonds. The van der Waals surface area contributed by atoms with E-state index in [2.05, 4.69) is 21.8 Å². The first-order valence-corrected chi connectivity index (χ1v) is 4.02. The third kappa shape index (κ3) is 2.49. The standard InChI is InChI=1S/C8H8ClN3O/c1-13-8-7(10)11-5-6(12-8)3-2-4-9/h5H,4H2,1H3,(H2,10,11). The number of nitrogens with zero attached hydrogens (tertiary/aromatic N) is 2. The summed E-state index contributed by atoms with van der Waals surface area (Å²) in [5.41, 5.74) is 5.95. The van der Waals surface area contributed by atoms with Gasteiger partial charge in [0.15, 0.2) is 5.82 Å². The highest BCUT2D eigenvalue weighted by Gasteiger charge is 2.01. The molecule has 0 radical (unpaired) electrons. The third-order valence-corrected chi connectivity index (χ3v) is 1.38. The van der Waals surface area contributed by atoms with Crippen LogP contribution in [0.3, 0.4) is 0 Å². The lowest BCUT2D eigenvalue weighted by Gasteiger charge is -2.00. The summed E-state index contributed by atoms with van der Waals surface area (Å²) < 4.78 is 4.87. The van der Waals surface area contributed by atoms with Gasteiger partial charge in [-0.05, 0) is 5.92 Å². The van der Waals surface area contributed by atoms with Gasteiger partial charge in [0, 0.05) is 0 Å². The van der Waals surface area contributed by atoms with E-state index in [0.29, 0.717) is 5.69 Å². The lowest BCUT2D eigenvalue weighted by Crippen LogP contribution is -1.99. The van der Waals surface area contributed by atoms with Crippen LogP contribution in [0, 0.1) is 11.8 Å². The summed E-state index contributed by atoms with van der Waals surface area (Å²) in [6.07, 6.45) is 1.47. The Hall–Kier alpha value is -1.47. The van der Waals surface area contributed by atoms with Gasteiger partial charge >= 0.3 is 0 Å². The van der Waals surface area contributed by atoms with Crippen molar-refractivity contribution in [3.8, 4) is 17.7 Å². The van der Waals surface area contributed by atoms with Crippen LogP contribution < -0.4 is 10.5 Å². The second kappa shape index (κ2) is 4.53. The minimum atomic E-state index is 0.249. The van der Waals surface area contributed by atoms with E-state index in [4.69, 9.17) is 22.1 Å². The number of methoxy groups -OCH3 is 1. The zero-order valence-corrected chi connectivity index (χ0v) is 7.80. The van der Waals surface area contributed by atoms with Crippen molar-refractivity contribution in [1.29, 1.82) is 0 Å². The molecule has 0 spiro atoms. The molecule has 0 aromatic carbocycles. The molecule has 0 fully saturated rings. The molecule has 0 aliphatic rings. The Balaban J connectivity index is 2.99. The van der Waals surface area contributed by atoms with Crippen LogP contribution in [0.25, 0.3) is 0 Å². The van der Waals surface area contributed by atoms with Crippen LogP contribution in [-0.4, -0.2) is 23.0 Å². The Labute approximate surface area is 81.1 Å². The monoisotopic (exact) mass is 197 g/mol. The van der Waals surface area contributed by atoms with Gasteiger partial charge in [-0.1, -0.05) is 5.92 Å². The molecule has 5 heteroatoms. The molecule has 1 aromatic heterocycles. The molecule has 1 aromatic rings. The normalized spacial score (nSPS) is 8.77. The van der Waals surface area contributed by atoms with Crippen molar-refractivity contribution >= 4 is 17.4 Å². The third-order valence-electron chi connectivity index (χ3n) is 1.24. The molecular weight excluding hydrogens is 190 g/mol. The van der Waals surface area contributed by atoms with Gasteiger partial charge < -0.3 is 10.5 Å². The molecule has 0 bridgehead atoms. The van der Waals surface area contributed by atoms with Crippen LogP contribution in [0.2, 0.25) is 0 Å². The summed E-state index contributed by atoms with van der Waals surface area (Å²) in [6, 6.07) is 0. The molecule has 0 aliphatic carbocycles. The van der Waals surface area contributed by atoms with Crippen LogP contribution in [0.4, 0.5) is 5.82 Å². The molecule has 0 saturated carbocycles. The van der Waals surface area contributed by atoms with Crippen LogP contribution in [0.1, 0.15) is 5.69 Å². The fraction of sp³-hybridized carbons (Fsp3) is 0.250. The number of aromatic nitrogens is 2. The molecular formula is C8H8ClN3O. The van der Waals surface area contributed by atoms with Crippen LogP contribution in [0.15, 0.2) is 6.20 Å². The number of hydrogen-bond acceptors (Lipinski definition) is 4. The first-order chi connectivity index (χ1) is 6.27. The minimum absolute atomic E-state index is 0.249. The molecule has 4 nitrogen and oxygen atoms in total. The molecule has 13 heavy (non-hydrogen) atoms. The zero-order valence-electron chi connectivity index (χ0n) is 7.04. The zero-order chi connectivity index (χ0) is 9.68. The molecule has 1 heterocycles. The Morgan fingerprint density at radius 3 is 3.08 bits per heavy atom. The van der Waals surface area contributed by atoms with Gasteiger partial charge in [-0.25, -0.2) is 4.98 Å². The Morgan fingerprint density at radius 2 is 2.46 bits per heavy atom. The smallest absolute Gasteiger partial charge is 0.258 e. The van der Waals surface area contributed by atoms with Gasteiger partial charge in [-0.15, -0.1) is 11.6 Å². The number of nitrogens with two attached hydrogens (primary N) is 1. The average molecular weight is 198 g/mol. The summed E-state index contributed by atoms with van der Waals surface area (Å²) in [5.74, 6) is 6.14. The van der Waals surface area contributed by atoms with Crippen molar-refractivity contribution in [2.75, 3.05) is 18.7 Å². The molecule has 2 N–H and O–H groups in total. The number of alkyl halides is 1. The van der Waals surface area contributed by atoms with E-state index in [1.807, 2.05) is 0 Å². The fourth-order valence-electron chi connectivity index (χ4n) is 0.716. The van der Waals surface area contributed by atoms with Crippen LogP contribution >= 0.6 is 11.6 Å². The number of halogens is 1. The molecule has 1 rings (SSSR count). The van der Waals surface area contributed by atoms with Gasteiger partial charge in [0.25, 0.3) is 5.88 Å². The topological polar surface area (TPSA) is 61.0 Å². The van der Waals surface area contributed by atoms with E-state index < -0.39 is 0 Å². The summed E-state index contributed by atoms with van der Waals surface area (Å²) in [5, 5.41) is 0. The van der Waals surface area contributed by atoms with Gasteiger partial charge in [-0.3, -0.25) is 0 Å². The molecule has 0 unspecified atom stereocenters. The van der Waals surface area contributed by atoms with Crippen LogP contribution in [-0.2, 0) is 0 Å². The van der Waals surface area contributed by atoms with E-state index in [1.165, 1.54) is 13.3 Å². The lowest BCUT2D eigenvalue weighted by atomic mass is 10.4. The second-order valence-corrected chi connectivity index (χ2v) is 2.35. The summed E-state index contributed by atoms with van der Waals surface area (Å²) in [4.78, 5) is 7.83. The SMILES string of the molecule is COc1nc(C#CCCl)cnc1N. The van der Waals surface area contributed by atoms with E-state index in [-0.39, 0.29) is 17.6 Å². The summed E-state index contributed by atoms with van der Waals surface area (Å²) in [7, 11) is 1.47. The van der Waals surface area contributed by atoms with E-state index in [0.717, 1.165) is 0 Å². The highest BCUT2D eigenvalue weighted by Crippen LogP contribution is 2.13. The van der Waals surface area contributed by atoms with E-state index in [9.17, 15) is 0 Å². The minimum Gasteiger partial charge on any atom is -0.478 e. The summed E-state index contributed by atoms with van der Waals surface area (Å²) >= 11 is 5.38. The lowest BCUT2D eigenvalue weighted by molar-refractivity contribution is 0.398. The van der Waals surface area contributed by atoms with Gasteiger partial charge in [0.2, 0.25) is 0 Å². The van der Waals surface area contributed by atoms with Crippen molar-refractivity contribution in [3.05, 3.63) is 11.9 Å². The van der Waals surface area contributed by atoms with Crippen molar-refractivity contribution < 1.29 is 4.74 Å². The van der Waals surface area contributed by atoms with Gasteiger partial charge in [0.1, 0.15) is 5.69 Å². The quantitative estimate of drug-likeness (QED) is 0.531.